The number of hydrogen-bond donors (Lipinski definition) is 0. The van der Waals surface area contributed by atoms with Crippen molar-refractivity contribution in [2.45, 2.75) is 115 Å². The maximum absolute atomic E-state index is 14.8. The van der Waals surface area contributed by atoms with Crippen molar-refractivity contribution in [3.8, 4) is 0 Å². The molecule has 2 saturated carbocycles. The molecule has 2 aromatic rings. The Morgan fingerprint density at radius 1 is 0.763 bits per heavy atom. The third kappa shape index (κ3) is 8.25. The van der Waals surface area contributed by atoms with E-state index in [1.807, 2.05) is 12.1 Å². The van der Waals surface area contributed by atoms with E-state index in [0.29, 0.717) is 18.3 Å². The minimum Gasteiger partial charge on any atom is -0.316 e. The molecule has 0 spiro atoms. The van der Waals surface area contributed by atoms with E-state index in [4.69, 9.17) is 4.74 Å². The topological polar surface area (TPSA) is 9.23 Å². The zero-order chi connectivity index (χ0) is 26.8. The minimum absolute atomic E-state index is 0.00740. The van der Waals surface area contributed by atoms with Crippen molar-refractivity contribution in [1.29, 1.82) is 0 Å². The lowest BCUT2D eigenvalue weighted by atomic mass is 9.77. The molecule has 3 heteroatoms. The number of benzene rings is 2. The van der Waals surface area contributed by atoms with Crippen LogP contribution in [-0.4, -0.2) is 6.61 Å². The molecule has 0 N–H and O–H groups in total. The van der Waals surface area contributed by atoms with Crippen LogP contribution in [0.2, 0.25) is 0 Å². The Balaban J connectivity index is 1.20. The first kappa shape index (κ1) is 29.0. The summed E-state index contributed by atoms with van der Waals surface area (Å²) in [6, 6.07) is 15.5. The lowest BCUT2D eigenvalue weighted by molar-refractivity contribution is -0.248. The fourth-order valence-electron chi connectivity index (χ4n) is 6.76. The van der Waals surface area contributed by atoms with E-state index < -0.39 is 6.11 Å². The van der Waals surface area contributed by atoms with Gasteiger partial charge in [-0.15, -0.1) is 0 Å². The molecule has 0 amide bonds. The second-order valence-electron chi connectivity index (χ2n) is 11.8. The van der Waals surface area contributed by atoms with Crippen molar-refractivity contribution in [2.75, 3.05) is 6.61 Å². The molecule has 0 aromatic heterocycles. The average Bonchev–Trinajstić information content (AvgIpc) is 2.95. The largest absolute Gasteiger partial charge is 0.383 e. The molecular formula is C35H48F2O. The van der Waals surface area contributed by atoms with E-state index >= 15 is 0 Å². The molecular weight excluding hydrogens is 474 g/mol. The van der Waals surface area contributed by atoms with Gasteiger partial charge >= 0.3 is 6.11 Å². The first-order chi connectivity index (χ1) is 18.5. The molecule has 2 aliphatic carbocycles. The van der Waals surface area contributed by atoms with Crippen LogP contribution in [0.4, 0.5) is 8.78 Å². The zero-order valence-corrected chi connectivity index (χ0v) is 23.6. The van der Waals surface area contributed by atoms with E-state index in [1.54, 1.807) is 12.1 Å². The Morgan fingerprint density at radius 3 is 1.82 bits per heavy atom. The van der Waals surface area contributed by atoms with E-state index in [0.717, 1.165) is 30.2 Å². The summed E-state index contributed by atoms with van der Waals surface area (Å²) in [7, 11) is 0. The molecule has 0 saturated heterocycles. The predicted octanol–water partition coefficient (Wildman–Crippen LogP) is 10.7. The maximum atomic E-state index is 14.8. The second-order valence-corrected chi connectivity index (χ2v) is 11.8. The summed E-state index contributed by atoms with van der Waals surface area (Å²) in [6.07, 6.45) is 16.7. The molecule has 2 fully saturated rings. The van der Waals surface area contributed by atoms with Crippen LogP contribution in [0, 0.1) is 11.8 Å². The third-order valence-corrected chi connectivity index (χ3v) is 9.21. The number of allylic oxidation sites excluding steroid dienone is 2. The smallest absolute Gasteiger partial charge is 0.316 e. The van der Waals surface area contributed by atoms with Crippen LogP contribution in [0.5, 0.6) is 0 Å². The van der Waals surface area contributed by atoms with Crippen molar-refractivity contribution >= 4 is 0 Å². The summed E-state index contributed by atoms with van der Waals surface area (Å²) < 4.78 is 34.7. The van der Waals surface area contributed by atoms with Crippen LogP contribution >= 0.6 is 0 Å². The van der Waals surface area contributed by atoms with Crippen LogP contribution in [-0.2, 0) is 17.3 Å². The van der Waals surface area contributed by atoms with Crippen molar-refractivity contribution in [1.82, 2.24) is 0 Å². The van der Waals surface area contributed by atoms with Crippen LogP contribution in [0.15, 0.2) is 60.7 Å². The van der Waals surface area contributed by atoms with Gasteiger partial charge in [0.2, 0.25) is 0 Å². The normalized spacial score (nSPS) is 24.6. The first-order valence-electron chi connectivity index (χ1n) is 15.3. The Morgan fingerprint density at radius 2 is 1.29 bits per heavy atom. The highest BCUT2D eigenvalue weighted by Gasteiger charge is 2.33. The number of halogens is 2. The van der Waals surface area contributed by atoms with Gasteiger partial charge in [-0.3, -0.25) is 0 Å². The average molecular weight is 523 g/mol. The van der Waals surface area contributed by atoms with E-state index in [1.165, 1.54) is 75.3 Å². The van der Waals surface area contributed by atoms with Gasteiger partial charge in [0.05, 0.1) is 12.2 Å². The van der Waals surface area contributed by atoms with Gasteiger partial charge in [-0.2, -0.15) is 8.78 Å². The van der Waals surface area contributed by atoms with Crippen LogP contribution in [0.3, 0.4) is 0 Å². The van der Waals surface area contributed by atoms with Crippen molar-refractivity contribution in [2.24, 2.45) is 11.8 Å². The molecule has 0 aliphatic heterocycles. The van der Waals surface area contributed by atoms with E-state index in [-0.39, 0.29) is 12.2 Å². The summed E-state index contributed by atoms with van der Waals surface area (Å²) >= 11 is 0. The lowest BCUT2D eigenvalue weighted by Gasteiger charge is -2.29. The van der Waals surface area contributed by atoms with Crippen molar-refractivity contribution < 1.29 is 13.5 Å². The lowest BCUT2D eigenvalue weighted by Crippen LogP contribution is -2.20. The SMILES string of the molecule is C/C=C/CC[C@H]1CC[C@H](c2ccc(C(F)(F)OCCc3ccc([C@H]4CC[C@H](CCC)CC4)cc3)cc2)CC1. The third-order valence-electron chi connectivity index (χ3n) is 9.21. The number of alkyl halides is 2. The van der Waals surface area contributed by atoms with Gasteiger partial charge in [-0.1, -0.05) is 80.4 Å². The molecule has 0 heterocycles. The Hall–Kier alpha value is -2.00. The standard InChI is InChI=1S/C35H48F2O/c1-3-5-6-8-28-11-17-32(18-12-28)33-21-23-34(24-22-33)35(36,37)38-26-25-29-13-19-31(20-14-29)30-15-9-27(7-4-2)10-16-30/h3,5,13-14,19-24,27-28,30,32H,4,6-12,15-18,25-26H2,1-2H3/b5-3+/t27-,28-,30-,32-. The van der Waals surface area contributed by atoms with Crippen LogP contribution in [0.25, 0.3) is 0 Å². The predicted molar refractivity (Wildman–Crippen MR) is 155 cm³/mol. The monoisotopic (exact) mass is 522 g/mol. The van der Waals surface area contributed by atoms with Gasteiger partial charge in [-0.25, -0.2) is 0 Å². The number of ether oxygens (including phenoxy) is 1. The van der Waals surface area contributed by atoms with Crippen molar-refractivity contribution in [3.05, 3.63) is 82.9 Å². The highest BCUT2D eigenvalue weighted by Crippen LogP contribution is 2.39. The summed E-state index contributed by atoms with van der Waals surface area (Å²) in [5.41, 5.74) is 3.60. The molecule has 1 nitrogen and oxygen atoms in total. The number of hydrogen-bond acceptors (Lipinski definition) is 1. The van der Waals surface area contributed by atoms with E-state index in [2.05, 4.69) is 50.3 Å². The molecule has 0 bridgehead atoms. The summed E-state index contributed by atoms with van der Waals surface area (Å²) in [5, 5.41) is 0. The molecule has 4 rings (SSSR count). The summed E-state index contributed by atoms with van der Waals surface area (Å²) in [5.74, 6) is 2.86. The zero-order valence-electron chi connectivity index (χ0n) is 23.6. The van der Waals surface area contributed by atoms with E-state index in [9.17, 15) is 8.78 Å². The summed E-state index contributed by atoms with van der Waals surface area (Å²) in [6.45, 7) is 4.36. The fraction of sp³-hybridized carbons (Fsp3) is 0.600. The quantitative estimate of drug-likeness (QED) is 0.252. The first-order valence-corrected chi connectivity index (χ1v) is 15.3. The highest BCUT2D eigenvalue weighted by molar-refractivity contribution is 5.28. The van der Waals surface area contributed by atoms with Gasteiger partial charge in [0, 0.05) is 0 Å². The minimum atomic E-state index is -3.26. The fourth-order valence-corrected chi connectivity index (χ4v) is 6.76. The molecule has 208 valence electrons. The van der Waals surface area contributed by atoms with Gasteiger partial charge in [0.15, 0.2) is 0 Å². The molecule has 0 atom stereocenters. The molecule has 2 aliphatic rings. The van der Waals surface area contributed by atoms with Gasteiger partial charge in [0.25, 0.3) is 0 Å². The van der Waals surface area contributed by atoms with Crippen LogP contribution in [0.1, 0.15) is 125 Å². The summed E-state index contributed by atoms with van der Waals surface area (Å²) in [4.78, 5) is 0. The molecule has 0 unspecified atom stereocenters. The highest BCUT2D eigenvalue weighted by atomic mass is 19.3. The van der Waals surface area contributed by atoms with Crippen molar-refractivity contribution in [3.63, 3.8) is 0 Å². The van der Waals surface area contributed by atoms with Gasteiger partial charge in [0.1, 0.15) is 0 Å². The second kappa shape index (κ2) is 14.4. The molecule has 0 radical (unpaired) electrons. The molecule has 38 heavy (non-hydrogen) atoms. The maximum Gasteiger partial charge on any atom is 0.383 e. The molecule has 2 aromatic carbocycles. The Kier molecular flexibility index (Phi) is 11.0. The Labute approximate surface area is 230 Å². The van der Waals surface area contributed by atoms with Crippen LogP contribution < -0.4 is 0 Å². The Bertz CT molecular complexity index is 962. The van der Waals surface area contributed by atoms with Gasteiger partial charge in [-0.05, 0) is 118 Å². The number of rotatable bonds is 12. The van der Waals surface area contributed by atoms with Gasteiger partial charge < -0.3 is 4.74 Å².